The zero-order valence-electron chi connectivity index (χ0n) is 16.8. The SMILES string of the molecule is Fc1ccc2c(nnc3c(C=Nc4ccccc4)c(F)ccc32)c1C=Nc1ccccc1. The number of benzene rings is 4. The maximum Gasteiger partial charge on any atom is 0.134 e. The molecule has 1 heterocycles. The Balaban J connectivity index is 1.66. The molecule has 0 N–H and O–H groups in total. The van der Waals surface area contributed by atoms with Gasteiger partial charge in [-0.2, -0.15) is 0 Å². The summed E-state index contributed by atoms with van der Waals surface area (Å²) < 4.78 is 29.3. The summed E-state index contributed by atoms with van der Waals surface area (Å²) in [5.41, 5.74) is 2.55. The molecule has 5 rings (SSSR count). The van der Waals surface area contributed by atoms with Crippen molar-refractivity contribution in [1.82, 2.24) is 10.2 Å². The van der Waals surface area contributed by atoms with Crippen molar-refractivity contribution < 1.29 is 8.78 Å². The lowest BCUT2D eigenvalue weighted by Gasteiger charge is -2.08. The molecule has 6 heteroatoms. The Kier molecular flexibility index (Phi) is 5.17. The molecule has 5 aromatic rings. The zero-order chi connectivity index (χ0) is 21.9. The number of halogens is 2. The molecule has 0 radical (unpaired) electrons. The molecule has 0 atom stereocenters. The van der Waals surface area contributed by atoms with Gasteiger partial charge in [0.25, 0.3) is 0 Å². The van der Waals surface area contributed by atoms with Gasteiger partial charge in [-0.1, -0.05) is 36.4 Å². The first kappa shape index (κ1) is 19.6. The maximum atomic E-state index is 14.6. The van der Waals surface area contributed by atoms with Gasteiger partial charge in [-0.25, -0.2) is 8.78 Å². The highest BCUT2D eigenvalue weighted by molar-refractivity contribution is 6.12. The van der Waals surface area contributed by atoms with Crippen LogP contribution < -0.4 is 0 Å². The second-order valence-corrected chi connectivity index (χ2v) is 7.10. The van der Waals surface area contributed by atoms with Crippen molar-refractivity contribution in [1.29, 1.82) is 0 Å². The molecule has 0 aliphatic heterocycles. The van der Waals surface area contributed by atoms with Gasteiger partial charge in [-0.3, -0.25) is 9.98 Å². The van der Waals surface area contributed by atoms with Crippen molar-refractivity contribution in [3.63, 3.8) is 0 Å². The largest absolute Gasteiger partial charge is 0.256 e. The first-order chi connectivity index (χ1) is 15.7. The van der Waals surface area contributed by atoms with E-state index in [-0.39, 0.29) is 11.1 Å². The highest BCUT2D eigenvalue weighted by Gasteiger charge is 2.15. The van der Waals surface area contributed by atoms with Crippen molar-refractivity contribution >= 4 is 45.6 Å². The molecule has 0 aliphatic rings. The molecule has 0 saturated carbocycles. The number of aromatic nitrogens is 2. The summed E-state index contributed by atoms with van der Waals surface area (Å²) in [7, 11) is 0. The number of fused-ring (bicyclic) bond motifs is 3. The van der Waals surface area contributed by atoms with Crippen molar-refractivity contribution in [3.05, 3.63) is 108 Å². The van der Waals surface area contributed by atoms with E-state index in [1.54, 1.807) is 12.1 Å². The third-order valence-electron chi connectivity index (χ3n) is 5.07. The predicted octanol–water partition coefficient (Wildman–Crippen LogP) is 6.56. The molecule has 0 spiro atoms. The number of rotatable bonds is 4. The number of hydrogen-bond donors (Lipinski definition) is 0. The molecule has 0 unspecified atom stereocenters. The Morgan fingerprint density at radius 1 is 0.531 bits per heavy atom. The molecule has 154 valence electrons. The maximum absolute atomic E-state index is 14.6. The van der Waals surface area contributed by atoms with Crippen LogP contribution in [0.1, 0.15) is 11.1 Å². The number of para-hydroxylation sites is 2. The highest BCUT2D eigenvalue weighted by Crippen LogP contribution is 2.28. The lowest BCUT2D eigenvalue weighted by Crippen LogP contribution is -1.99. The van der Waals surface area contributed by atoms with Crippen LogP contribution in [0.2, 0.25) is 0 Å². The van der Waals surface area contributed by atoms with Crippen LogP contribution in [0.25, 0.3) is 21.8 Å². The normalized spacial score (nSPS) is 11.8. The quantitative estimate of drug-likeness (QED) is 0.243. The molecule has 32 heavy (non-hydrogen) atoms. The summed E-state index contributed by atoms with van der Waals surface area (Å²) in [6.45, 7) is 0. The van der Waals surface area contributed by atoms with Gasteiger partial charge in [0.05, 0.1) is 22.5 Å². The Labute approximate surface area is 182 Å². The Bertz CT molecular complexity index is 1370. The lowest BCUT2D eigenvalue weighted by atomic mass is 10.0. The second-order valence-electron chi connectivity index (χ2n) is 7.10. The fraction of sp³-hybridized carbons (Fsp3) is 0. The van der Waals surface area contributed by atoms with Crippen LogP contribution in [-0.2, 0) is 0 Å². The molecule has 0 saturated heterocycles. The smallest absolute Gasteiger partial charge is 0.134 e. The average Bonchev–Trinajstić information content (AvgIpc) is 2.83. The van der Waals surface area contributed by atoms with Crippen LogP contribution in [-0.4, -0.2) is 22.6 Å². The minimum Gasteiger partial charge on any atom is -0.256 e. The molecular formula is C26H16F2N4. The van der Waals surface area contributed by atoms with Gasteiger partial charge in [0.15, 0.2) is 0 Å². The Morgan fingerprint density at radius 2 is 0.938 bits per heavy atom. The molecule has 0 aliphatic carbocycles. The number of nitrogens with zero attached hydrogens (tertiary/aromatic N) is 4. The van der Waals surface area contributed by atoms with Crippen molar-refractivity contribution in [2.45, 2.75) is 0 Å². The van der Waals surface area contributed by atoms with Crippen LogP contribution in [0.15, 0.2) is 94.9 Å². The first-order valence-electron chi connectivity index (χ1n) is 9.96. The third kappa shape index (κ3) is 3.74. The molecule has 4 aromatic carbocycles. The summed E-state index contributed by atoms with van der Waals surface area (Å²) in [4.78, 5) is 8.70. The van der Waals surface area contributed by atoms with Crippen molar-refractivity contribution in [3.8, 4) is 0 Å². The van der Waals surface area contributed by atoms with E-state index in [0.717, 1.165) is 0 Å². The van der Waals surface area contributed by atoms with E-state index >= 15 is 0 Å². The molecule has 4 nitrogen and oxygen atoms in total. The minimum absolute atomic E-state index is 0.226. The van der Waals surface area contributed by atoms with Gasteiger partial charge in [0.2, 0.25) is 0 Å². The second kappa shape index (κ2) is 8.43. The minimum atomic E-state index is -0.459. The summed E-state index contributed by atoms with van der Waals surface area (Å²) >= 11 is 0. The van der Waals surface area contributed by atoms with Gasteiger partial charge in [0, 0.05) is 23.2 Å². The van der Waals surface area contributed by atoms with E-state index in [0.29, 0.717) is 33.2 Å². The number of hydrogen-bond acceptors (Lipinski definition) is 4. The lowest BCUT2D eigenvalue weighted by molar-refractivity contribution is 0.626. The van der Waals surface area contributed by atoms with Gasteiger partial charge >= 0.3 is 0 Å². The van der Waals surface area contributed by atoms with E-state index in [2.05, 4.69) is 20.2 Å². The standard InChI is InChI=1S/C26H16F2N4/c27-23-13-11-19-20-12-14-24(28)22(16-30-18-9-5-2-6-10-18)26(20)32-31-25(19)21(23)15-29-17-7-3-1-4-8-17/h1-16H. The van der Waals surface area contributed by atoms with Gasteiger partial charge < -0.3 is 0 Å². The molecule has 0 bridgehead atoms. The van der Waals surface area contributed by atoms with Crippen molar-refractivity contribution in [2.24, 2.45) is 9.98 Å². The predicted molar refractivity (Wildman–Crippen MR) is 124 cm³/mol. The zero-order valence-corrected chi connectivity index (χ0v) is 16.8. The van der Waals surface area contributed by atoms with E-state index in [9.17, 15) is 8.78 Å². The monoisotopic (exact) mass is 422 g/mol. The van der Waals surface area contributed by atoms with E-state index in [1.807, 2.05) is 60.7 Å². The fourth-order valence-corrected chi connectivity index (χ4v) is 3.47. The van der Waals surface area contributed by atoms with Crippen LogP contribution in [0.4, 0.5) is 20.2 Å². The molecule has 0 amide bonds. The average molecular weight is 422 g/mol. The summed E-state index contributed by atoms with van der Waals surface area (Å²) in [6, 6.07) is 24.4. The van der Waals surface area contributed by atoms with Crippen molar-refractivity contribution in [2.75, 3.05) is 0 Å². The van der Waals surface area contributed by atoms with Crippen LogP contribution in [0.5, 0.6) is 0 Å². The third-order valence-corrected chi connectivity index (χ3v) is 5.07. The fourth-order valence-electron chi connectivity index (χ4n) is 3.47. The first-order valence-corrected chi connectivity index (χ1v) is 9.96. The molecule has 0 fully saturated rings. The molecular weight excluding hydrogens is 406 g/mol. The highest BCUT2D eigenvalue weighted by atomic mass is 19.1. The summed E-state index contributed by atoms with van der Waals surface area (Å²) in [6.07, 6.45) is 2.88. The topological polar surface area (TPSA) is 50.5 Å². The summed E-state index contributed by atoms with van der Waals surface area (Å²) in [5, 5.41) is 9.77. The summed E-state index contributed by atoms with van der Waals surface area (Å²) in [5.74, 6) is -0.919. The van der Waals surface area contributed by atoms with Gasteiger partial charge in [0.1, 0.15) is 22.7 Å². The van der Waals surface area contributed by atoms with E-state index in [1.165, 1.54) is 24.6 Å². The Morgan fingerprint density at radius 3 is 1.34 bits per heavy atom. The van der Waals surface area contributed by atoms with Gasteiger partial charge in [-0.15, -0.1) is 10.2 Å². The van der Waals surface area contributed by atoms with Crippen LogP contribution >= 0.6 is 0 Å². The number of aliphatic imine (C=N–C) groups is 2. The van der Waals surface area contributed by atoms with E-state index < -0.39 is 11.6 Å². The van der Waals surface area contributed by atoms with Gasteiger partial charge in [-0.05, 0) is 48.5 Å². The van der Waals surface area contributed by atoms with E-state index in [4.69, 9.17) is 0 Å². The van der Waals surface area contributed by atoms with Crippen LogP contribution in [0.3, 0.4) is 0 Å². The molecule has 1 aromatic heterocycles. The van der Waals surface area contributed by atoms with Crippen LogP contribution in [0, 0.1) is 11.6 Å². The Hall–Kier alpha value is -4.32.